The second-order valence-electron chi connectivity index (χ2n) is 7.48. The number of thiophene rings is 1. The molecular formula is C20H27N5O2S2. The van der Waals surface area contributed by atoms with Crippen LogP contribution in [0.15, 0.2) is 28.7 Å². The van der Waals surface area contributed by atoms with Crippen LogP contribution in [-0.2, 0) is 10.8 Å². The number of unbranched alkanes of at least 4 members (excludes halogenated alkanes) is 1. The summed E-state index contributed by atoms with van der Waals surface area (Å²) in [7, 11) is -1.05. The number of fused-ring (bicyclic) bond motifs is 1. The van der Waals surface area contributed by atoms with E-state index in [1.54, 1.807) is 12.4 Å². The van der Waals surface area contributed by atoms with Gasteiger partial charge in [-0.3, -0.25) is 13.9 Å². The second kappa shape index (κ2) is 9.32. The lowest BCUT2D eigenvalue weighted by Gasteiger charge is -2.34. The first-order valence-corrected chi connectivity index (χ1v) is 12.3. The Balaban J connectivity index is 1.21. The van der Waals surface area contributed by atoms with Crippen molar-refractivity contribution in [3.63, 3.8) is 0 Å². The van der Waals surface area contributed by atoms with Gasteiger partial charge < -0.3 is 9.80 Å². The molecule has 0 aliphatic carbocycles. The Morgan fingerprint density at radius 3 is 2.55 bits per heavy atom. The Hall–Kier alpha value is -1.84. The van der Waals surface area contributed by atoms with E-state index in [1.165, 1.54) is 11.3 Å². The zero-order valence-corrected chi connectivity index (χ0v) is 18.4. The van der Waals surface area contributed by atoms with Gasteiger partial charge in [0.25, 0.3) is 5.91 Å². The van der Waals surface area contributed by atoms with Crippen LogP contribution in [0.1, 0.15) is 28.1 Å². The number of piperazine rings is 1. The van der Waals surface area contributed by atoms with E-state index < -0.39 is 10.8 Å². The third-order valence-electron chi connectivity index (χ3n) is 5.45. The van der Waals surface area contributed by atoms with E-state index >= 15 is 0 Å². The average Bonchev–Trinajstić information content (AvgIpc) is 3.11. The molecular weight excluding hydrogens is 406 g/mol. The minimum atomic E-state index is -1.05. The monoisotopic (exact) mass is 433 g/mol. The van der Waals surface area contributed by atoms with E-state index in [4.69, 9.17) is 0 Å². The number of rotatable bonds is 6. The van der Waals surface area contributed by atoms with Gasteiger partial charge >= 0.3 is 0 Å². The SMILES string of the molecule is Cc1cc2c(s1)S(=O)CCN(CCCCN1CCN(c3ncccn3)CC1)C2=O. The lowest BCUT2D eigenvalue weighted by atomic mass is 10.2. The molecule has 2 aromatic heterocycles. The van der Waals surface area contributed by atoms with Crippen LogP contribution in [0.25, 0.3) is 0 Å². The quantitative estimate of drug-likeness (QED) is 0.649. The van der Waals surface area contributed by atoms with Crippen LogP contribution < -0.4 is 4.90 Å². The summed E-state index contributed by atoms with van der Waals surface area (Å²) in [6.45, 7) is 8.25. The summed E-state index contributed by atoms with van der Waals surface area (Å²) in [6.07, 6.45) is 5.60. The molecule has 1 unspecified atom stereocenters. The lowest BCUT2D eigenvalue weighted by Crippen LogP contribution is -2.47. The molecule has 0 saturated carbocycles. The Morgan fingerprint density at radius 1 is 1.07 bits per heavy atom. The van der Waals surface area contributed by atoms with Crippen molar-refractivity contribution in [2.24, 2.45) is 0 Å². The Labute approximate surface area is 178 Å². The van der Waals surface area contributed by atoms with E-state index in [-0.39, 0.29) is 5.91 Å². The van der Waals surface area contributed by atoms with Crippen LogP contribution in [0.2, 0.25) is 0 Å². The predicted molar refractivity (Wildman–Crippen MR) is 116 cm³/mol. The molecule has 0 spiro atoms. The molecule has 156 valence electrons. The fraction of sp³-hybridized carbons (Fsp3) is 0.550. The Bertz CT molecular complexity index is 865. The number of anilines is 1. The minimum absolute atomic E-state index is 0.0478. The maximum absolute atomic E-state index is 12.8. The van der Waals surface area contributed by atoms with Crippen molar-refractivity contribution >= 4 is 34.0 Å². The molecule has 29 heavy (non-hydrogen) atoms. The molecule has 2 aliphatic rings. The van der Waals surface area contributed by atoms with Gasteiger partial charge in [0.05, 0.1) is 16.4 Å². The highest BCUT2D eigenvalue weighted by Crippen LogP contribution is 2.29. The van der Waals surface area contributed by atoms with E-state index in [1.807, 2.05) is 24.0 Å². The summed E-state index contributed by atoms with van der Waals surface area (Å²) in [4.78, 5) is 29.1. The fourth-order valence-electron chi connectivity index (χ4n) is 3.85. The van der Waals surface area contributed by atoms with Crippen molar-refractivity contribution in [3.05, 3.63) is 35.0 Å². The van der Waals surface area contributed by atoms with Crippen LogP contribution in [0.4, 0.5) is 5.95 Å². The van der Waals surface area contributed by atoms with Crippen LogP contribution in [-0.4, -0.2) is 81.5 Å². The molecule has 0 radical (unpaired) electrons. The summed E-state index contributed by atoms with van der Waals surface area (Å²) in [5.74, 6) is 1.40. The van der Waals surface area contributed by atoms with Crippen molar-refractivity contribution in [3.8, 4) is 0 Å². The number of amides is 1. The van der Waals surface area contributed by atoms with Gasteiger partial charge in [0.2, 0.25) is 5.95 Å². The van der Waals surface area contributed by atoms with Crippen LogP contribution >= 0.6 is 11.3 Å². The maximum atomic E-state index is 12.8. The fourth-order valence-corrected chi connectivity index (χ4v) is 6.55. The summed E-state index contributed by atoms with van der Waals surface area (Å²) < 4.78 is 13.2. The first kappa shape index (κ1) is 20.4. The van der Waals surface area contributed by atoms with Crippen molar-refractivity contribution in [2.45, 2.75) is 24.0 Å². The first-order chi connectivity index (χ1) is 14.1. The van der Waals surface area contributed by atoms with Crippen molar-refractivity contribution in [1.29, 1.82) is 0 Å². The van der Waals surface area contributed by atoms with Crippen molar-refractivity contribution in [1.82, 2.24) is 19.8 Å². The molecule has 1 fully saturated rings. The first-order valence-electron chi connectivity index (χ1n) is 10.1. The van der Waals surface area contributed by atoms with Gasteiger partial charge in [0.15, 0.2) is 0 Å². The third kappa shape index (κ3) is 4.84. The number of carbonyl (C=O) groups excluding carboxylic acids is 1. The summed E-state index contributed by atoms with van der Waals surface area (Å²) in [6, 6.07) is 3.74. The van der Waals surface area contributed by atoms with E-state index in [9.17, 15) is 9.00 Å². The van der Waals surface area contributed by atoms with E-state index in [0.29, 0.717) is 17.9 Å². The molecule has 7 nitrogen and oxygen atoms in total. The lowest BCUT2D eigenvalue weighted by molar-refractivity contribution is 0.0761. The average molecular weight is 434 g/mol. The van der Waals surface area contributed by atoms with Gasteiger partial charge in [0, 0.05) is 62.3 Å². The van der Waals surface area contributed by atoms with Crippen molar-refractivity contribution in [2.75, 3.05) is 56.5 Å². The molecule has 2 aromatic rings. The zero-order valence-electron chi connectivity index (χ0n) is 16.7. The molecule has 2 aliphatic heterocycles. The number of hydrogen-bond donors (Lipinski definition) is 0. The van der Waals surface area contributed by atoms with Crippen LogP contribution in [0.3, 0.4) is 0 Å². The normalized spacial score (nSPS) is 20.6. The summed E-state index contributed by atoms with van der Waals surface area (Å²) in [5, 5.41) is 0. The van der Waals surface area contributed by atoms with Gasteiger partial charge in [-0.15, -0.1) is 11.3 Å². The highest BCUT2D eigenvalue weighted by atomic mass is 32.2. The molecule has 1 saturated heterocycles. The van der Waals surface area contributed by atoms with Gasteiger partial charge in [-0.2, -0.15) is 0 Å². The molecule has 4 rings (SSSR count). The summed E-state index contributed by atoms with van der Waals surface area (Å²) >= 11 is 1.50. The van der Waals surface area contributed by atoms with Crippen molar-refractivity contribution < 1.29 is 9.00 Å². The predicted octanol–water partition coefficient (Wildman–Crippen LogP) is 2.01. The number of hydrogen-bond acceptors (Lipinski definition) is 7. The van der Waals surface area contributed by atoms with Crippen LogP contribution in [0, 0.1) is 6.92 Å². The highest BCUT2D eigenvalue weighted by molar-refractivity contribution is 7.87. The smallest absolute Gasteiger partial charge is 0.255 e. The maximum Gasteiger partial charge on any atom is 0.255 e. The zero-order chi connectivity index (χ0) is 20.2. The minimum Gasteiger partial charge on any atom is -0.338 e. The third-order valence-corrected chi connectivity index (χ3v) is 8.29. The second-order valence-corrected chi connectivity index (χ2v) is 10.5. The van der Waals surface area contributed by atoms with E-state index in [2.05, 4.69) is 19.8 Å². The van der Waals surface area contributed by atoms with Gasteiger partial charge in [-0.05, 0) is 38.4 Å². The summed E-state index contributed by atoms with van der Waals surface area (Å²) in [5.41, 5.74) is 0.655. The molecule has 4 heterocycles. The van der Waals surface area contributed by atoms with Crippen LogP contribution in [0.5, 0.6) is 0 Å². The Kier molecular flexibility index (Phi) is 6.56. The molecule has 0 aromatic carbocycles. The molecule has 1 amide bonds. The van der Waals surface area contributed by atoms with Gasteiger partial charge in [0.1, 0.15) is 4.21 Å². The molecule has 0 bridgehead atoms. The number of carbonyl (C=O) groups is 1. The number of aryl methyl sites for hydroxylation is 1. The topological polar surface area (TPSA) is 69.6 Å². The number of aromatic nitrogens is 2. The van der Waals surface area contributed by atoms with E-state index in [0.717, 1.165) is 67.1 Å². The molecule has 0 N–H and O–H groups in total. The highest BCUT2D eigenvalue weighted by Gasteiger charge is 2.28. The molecule has 1 atom stereocenters. The van der Waals surface area contributed by atoms with Gasteiger partial charge in [-0.1, -0.05) is 0 Å². The standard InChI is InChI=1S/C20H27N5O2S2/c1-16-15-17-18(26)24(13-14-29(27)19(17)28-16)8-3-2-7-23-9-11-25(12-10-23)20-21-5-4-6-22-20/h4-6,15H,2-3,7-14H2,1H3. The largest absolute Gasteiger partial charge is 0.338 e. The number of nitrogens with zero attached hydrogens (tertiary/aromatic N) is 5. The molecule has 9 heteroatoms. The Morgan fingerprint density at radius 2 is 1.79 bits per heavy atom. The van der Waals surface area contributed by atoms with Gasteiger partial charge in [-0.25, -0.2) is 9.97 Å².